The summed E-state index contributed by atoms with van der Waals surface area (Å²) in [4.78, 5) is 33.1. The van der Waals surface area contributed by atoms with Crippen LogP contribution in [0.2, 0.25) is 0 Å². The number of oxazole rings is 1. The molecule has 0 bridgehead atoms. The minimum atomic E-state index is -0.654. The van der Waals surface area contributed by atoms with Crippen LogP contribution >= 0.6 is 15.9 Å². The fourth-order valence-corrected chi connectivity index (χ4v) is 5.39. The van der Waals surface area contributed by atoms with Gasteiger partial charge in [0.25, 0.3) is 5.91 Å². The first-order valence-electron chi connectivity index (χ1n) is 13.3. The van der Waals surface area contributed by atoms with Gasteiger partial charge in [-0.3, -0.25) is 9.59 Å². The number of carbonyl (C=O) groups excluding carboxylic acids is 2. The second-order valence-electron chi connectivity index (χ2n) is 9.99. The minimum absolute atomic E-state index is 0.174. The molecule has 1 N–H and O–H groups in total. The molecule has 0 spiro atoms. The standard InChI is InChI=1S/C31H27BrN6O3/c1-20(26-18-37(36-35-26)19-29-33-16-28(41-29)23-12-7-13-25(32)14-23)34-30(39)27-15-22-10-5-6-11-24(22)17-38(27)31(40)21-8-3-2-4-9-21/h2-14,16,18,20,27H,15,17,19H2,1H3,(H,34,39). The Morgan fingerprint density at radius 2 is 1.83 bits per heavy atom. The van der Waals surface area contributed by atoms with Gasteiger partial charge in [-0.05, 0) is 42.3 Å². The number of hydrogen-bond acceptors (Lipinski definition) is 6. The second kappa shape index (κ2) is 11.5. The molecule has 9 nitrogen and oxygen atoms in total. The van der Waals surface area contributed by atoms with Crippen molar-refractivity contribution in [1.29, 1.82) is 0 Å². The van der Waals surface area contributed by atoms with Crippen molar-refractivity contribution >= 4 is 27.7 Å². The maximum Gasteiger partial charge on any atom is 0.254 e. The van der Waals surface area contributed by atoms with Crippen LogP contribution in [-0.4, -0.2) is 42.7 Å². The Balaban J connectivity index is 1.15. The molecule has 0 radical (unpaired) electrons. The van der Waals surface area contributed by atoms with E-state index in [2.05, 4.69) is 36.5 Å². The van der Waals surface area contributed by atoms with Crippen molar-refractivity contribution in [1.82, 2.24) is 30.2 Å². The molecule has 2 atom stereocenters. The lowest BCUT2D eigenvalue weighted by molar-refractivity contribution is -0.126. The highest BCUT2D eigenvalue weighted by Crippen LogP contribution is 2.27. The lowest BCUT2D eigenvalue weighted by Crippen LogP contribution is -2.53. The normalized spacial score (nSPS) is 15.3. The molecule has 0 saturated carbocycles. The largest absolute Gasteiger partial charge is 0.439 e. The second-order valence-corrected chi connectivity index (χ2v) is 10.9. The van der Waals surface area contributed by atoms with E-state index in [1.54, 1.807) is 34.1 Å². The van der Waals surface area contributed by atoms with Gasteiger partial charge in [0.05, 0.1) is 18.4 Å². The van der Waals surface area contributed by atoms with Crippen LogP contribution in [0.4, 0.5) is 0 Å². The average molecular weight is 612 g/mol. The van der Waals surface area contributed by atoms with Gasteiger partial charge in [-0.15, -0.1) is 5.10 Å². The van der Waals surface area contributed by atoms with Crippen molar-refractivity contribution in [2.75, 3.05) is 0 Å². The third kappa shape index (κ3) is 5.83. The lowest BCUT2D eigenvalue weighted by atomic mass is 9.92. The molecule has 2 amide bonds. The van der Waals surface area contributed by atoms with Gasteiger partial charge in [-0.25, -0.2) is 9.67 Å². The first-order chi connectivity index (χ1) is 19.9. The number of benzene rings is 3. The molecule has 41 heavy (non-hydrogen) atoms. The van der Waals surface area contributed by atoms with Gasteiger partial charge in [-0.1, -0.05) is 75.7 Å². The van der Waals surface area contributed by atoms with Crippen LogP contribution in [0.1, 0.15) is 46.0 Å². The van der Waals surface area contributed by atoms with E-state index in [0.717, 1.165) is 21.2 Å². The summed E-state index contributed by atoms with van der Waals surface area (Å²) >= 11 is 3.47. The molecule has 10 heteroatoms. The molecule has 2 unspecified atom stereocenters. The molecule has 5 aromatic rings. The Labute approximate surface area is 245 Å². The minimum Gasteiger partial charge on any atom is -0.439 e. The van der Waals surface area contributed by atoms with Gasteiger partial charge in [-0.2, -0.15) is 0 Å². The van der Waals surface area contributed by atoms with Crippen LogP contribution in [-0.2, 0) is 24.3 Å². The van der Waals surface area contributed by atoms with Gasteiger partial charge in [0, 0.05) is 28.6 Å². The predicted octanol–water partition coefficient (Wildman–Crippen LogP) is 5.19. The van der Waals surface area contributed by atoms with Crippen LogP contribution in [0.3, 0.4) is 0 Å². The molecule has 0 saturated heterocycles. The summed E-state index contributed by atoms with van der Waals surface area (Å²) in [5.41, 5.74) is 4.17. The third-order valence-electron chi connectivity index (χ3n) is 7.15. The van der Waals surface area contributed by atoms with Gasteiger partial charge in [0.15, 0.2) is 5.76 Å². The van der Waals surface area contributed by atoms with E-state index in [0.29, 0.717) is 42.4 Å². The number of rotatable bonds is 7. The molecular weight excluding hydrogens is 584 g/mol. The zero-order chi connectivity index (χ0) is 28.3. The van der Waals surface area contributed by atoms with Gasteiger partial charge in [0.2, 0.25) is 11.8 Å². The third-order valence-corrected chi connectivity index (χ3v) is 7.64. The molecular formula is C31H27BrN6O3. The van der Waals surface area contributed by atoms with Crippen LogP contribution < -0.4 is 5.32 Å². The first-order valence-corrected chi connectivity index (χ1v) is 14.1. The molecule has 3 heterocycles. The Kier molecular flexibility index (Phi) is 7.47. The summed E-state index contributed by atoms with van der Waals surface area (Å²) in [5.74, 6) is 0.735. The average Bonchev–Trinajstić information content (AvgIpc) is 3.67. The Morgan fingerprint density at radius 1 is 1.05 bits per heavy atom. The van der Waals surface area contributed by atoms with Crippen molar-refractivity contribution in [3.63, 3.8) is 0 Å². The number of aromatic nitrogens is 4. The quantitative estimate of drug-likeness (QED) is 0.272. The highest BCUT2D eigenvalue weighted by atomic mass is 79.9. The van der Waals surface area contributed by atoms with E-state index in [-0.39, 0.29) is 11.8 Å². The maximum atomic E-state index is 13.6. The zero-order valence-electron chi connectivity index (χ0n) is 22.3. The summed E-state index contributed by atoms with van der Waals surface area (Å²) in [6.45, 7) is 2.51. The van der Waals surface area contributed by atoms with Crippen molar-refractivity contribution in [3.05, 3.63) is 124 Å². The van der Waals surface area contributed by atoms with Crippen molar-refractivity contribution in [2.24, 2.45) is 0 Å². The summed E-state index contributed by atoms with van der Waals surface area (Å²) in [5, 5.41) is 11.5. The highest BCUT2D eigenvalue weighted by Gasteiger charge is 2.35. The fraction of sp³-hybridized carbons (Fsp3) is 0.194. The topological polar surface area (TPSA) is 106 Å². The van der Waals surface area contributed by atoms with E-state index in [1.807, 2.05) is 73.7 Å². The molecule has 2 aromatic heterocycles. The van der Waals surface area contributed by atoms with Gasteiger partial charge >= 0.3 is 0 Å². The van der Waals surface area contributed by atoms with E-state index in [4.69, 9.17) is 4.42 Å². The van der Waals surface area contributed by atoms with E-state index < -0.39 is 12.1 Å². The maximum absolute atomic E-state index is 13.6. The van der Waals surface area contributed by atoms with Crippen LogP contribution in [0.15, 0.2) is 100 Å². The SMILES string of the molecule is CC(NC(=O)C1Cc2ccccc2CN1C(=O)c1ccccc1)c1cn(Cc2ncc(-c3cccc(Br)c3)o2)nn1. The summed E-state index contributed by atoms with van der Waals surface area (Å²) in [7, 11) is 0. The molecule has 1 aliphatic rings. The Bertz CT molecular complexity index is 1700. The van der Waals surface area contributed by atoms with Crippen LogP contribution in [0.25, 0.3) is 11.3 Å². The van der Waals surface area contributed by atoms with Crippen molar-refractivity contribution in [2.45, 2.75) is 38.5 Å². The molecule has 1 aliphatic heterocycles. The molecule has 6 rings (SSSR count). The smallest absolute Gasteiger partial charge is 0.254 e. The fourth-order valence-electron chi connectivity index (χ4n) is 4.99. The molecule has 3 aromatic carbocycles. The number of hydrogen-bond donors (Lipinski definition) is 1. The lowest BCUT2D eigenvalue weighted by Gasteiger charge is -2.36. The number of carbonyl (C=O) groups is 2. The number of halogens is 1. The Hall–Kier alpha value is -4.57. The summed E-state index contributed by atoms with van der Waals surface area (Å²) < 4.78 is 8.49. The number of fused-ring (bicyclic) bond motifs is 1. The monoisotopic (exact) mass is 610 g/mol. The van der Waals surface area contributed by atoms with Gasteiger partial charge in [0.1, 0.15) is 18.3 Å². The summed E-state index contributed by atoms with van der Waals surface area (Å²) in [6, 6.07) is 23.7. The number of nitrogens with zero attached hydrogens (tertiary/aromatic N) is 5. The molecule has 206 valence electrons. The van der Waals surface area contributed by atoms with Crippen LogP contribution in [0, 0.1) is 0 Å². The zero-order valence-corrected chi connectivity index (χ0v) is 23.9. The summed E-state index contributed by atoms with van der Waals surface area (Å²) in [6.07, 6.45) is 3.88. The van der Waals surface area contributed by atoms with E-state index >= 15 is 0 Å². The predicted molar refractivity (Wildman–Crippen MR) is 156 cm³/mol. The van der Waals surface area contributed by atoms with E-state index in [1.165, 1.54) is 0 Å². The Morgan fingerprint density at radius 3 is 2.63 bits per heavy atom. The van der Waals surface area contributed by atoms with Gasteiger partial charge < -0.3 is 14.6 Å². The number of nitrogens with one attached hydrogen (secondary N) is 1. The van der Waals surface area contributed by atoms with Crippen molar-refractivity contribution < 1.29 is 14.0 Å². The van der Waals surface area contributed by atoms with Crippen molar-refractivity contribution in [3.8, 4) is 11.3 Å². The first kappa shape index (κ1) is 26.6. The molecule has 0 fully saturated rings. The highest BCUT2D eigenvalue weighted by molar-refractivity contribution is 9.10. The van der Waals surface area contributed by atoms with E-state index in [9.17, 15) is 9.59 Å². The number of amides is 2. The molecule has 0 aliphatic carbocycles. The van der Waals surface area contributed by atoms with Crippen LogP contribution in [0.5, 0.6) is 0 Å².